The molecule has 2 rings (SSSR count). The van der Waals surface area contributed by atoms with E-state index in [4.69, 9.17) is 14.2 Å². The Morgan fingerprint density at radius 1 is 0.966 bits per heavy atom. The molecule has 3 nitrogen and oxygen atoms in total. The summed E-state index contributed by atoms with van der Waals surface area (Å²) in [7, 11) is 0. The van der Waals surface area contributed by atoms with Crippen LogP contribution in [0.2, 0.25) is 0 Å². The Morgan fingerprint density at radius 3 is 2.31 bits per heavy atom. The third-order valence-corrected chi connectivity index (χ3v) is 5.28. The van der Waals surface area contributed by atoms with Crippen LogP contribution in [0.5, 0.6) is 5.75 Å². The average Bonchev–Trinajstić information content (AvgIpc) is 2.72. The summed E-state index contributed by atoms with van der Waals surface area (Å²) in [5.74, 6) is 0.900. The van der Waals surface area contributed by atoms with Crippen LogP contribution in [0.4, 0.5) is 0 Å². The van der Waals surface area contributed by atoms with Crippen molar-refractivity contribution in [2.24, 2.45) is 0 Å². The van der Waals surface area contributed by atoms with Gasteiger partial charge in [0.15, 0.2) is 6.29 Å². The van der Waals surface area contributed by atoms with E-state index < -0.39 is 0 Å². The van der Waals surface area contributed by atoms with Gasteiger partial charge in [-0.3, -0.25) is 0 Å². The molecule has 0 spiro atoms. The Labute approximate surface area is 176 Å². The summed E-state index contributed by atoms with van der Waals surface area (Å²) in [5.41, 5.74) is 4.75. The maximum Gasteiger partial charge on any atom is 0.183 e. The highest BCUT2D eigenvalue weighted by Crippen LogP contribution is 2.31. The van der Waals surface area contributed by atoms with E-state index in [1.54, 1.807) is 0 Å². The summed E-state index contributed by atoms with van der Waals surface area (Å²) in [5, 5.41) is 0. The third-order valence-electron chi connectivity index (χ3n) is 5.28. The Morgan fingerprint density at radius 2 is 1.69 bits per heavy atom. The van der Waals surface area contributed by atoms with Crippen molar-refractivity contribution in [1.82, 2.24) is 0 Å². The monoisotopic (exact) mass is 396 g/mol. The highest BCUT2D eigenvalue weighted by Gasteiger charge is 2.19. The molecule has 0 heterocycles. The van der Waals surface area contributed by atoms with E-state index in [0.29, 0.717) is 19.8 Å². The number of allylic oxidation sites excluding steroid dienone is 1. The van der Waals surface area contributed by atoms with E-state index in [2.05, 4.69) is 57.7 Å². The lowest BCUT2D eigenvalue weighted by molar-refractivity contribution is -0.140. The van der Waals surface area contributed by atoms with Gasteiger partial charge in [0, 0.05) is 18.8 Å². The van der Waals surface area contributed by atoms with Gasteiger partial charge in [0.25, 0.3) is 0 Å². The fourth-order valence-electron chi connectivity index (χ4n) is 3.16. The van der Waals surface area contributed by atoms with Gasteiger partial charge >= 0.3 is 0 Å². The zero-order valence-electron chi connectivity index (χ0n) is 18.7. The summed E-state index contributed by atoms with van der Waals surface area (Å²) >= 11 is 0. The first-order chi connectivity index (χ1) is 13.9. The Kier molecular flexibility index (Phi) is 8.94. The maximum atomic E-state index is 6.20. The van der Waals surface area contributed by atoms with Crippen LogP contribution in [0.1, 0.15) is 69.6 Å². The first-order valence-electron chi connectivity index (χ1n) is 10.6. The molecule has 0 radical (unpaired) electrons. The molecule has 29 heavy (non-hydrogen) atoms. The normalized spacial score (nSPS) is 11.7. The molecular weight excluding hydrogens is 360 g/mol. The molecule has 0 bridgehead atoms. The van der Waals surface area contributed by atoms with Crippen LogP contribution in [0.25, 0.3) is 0 Å². The van der Waals surface area contributed by atoms with Crippen LogP contribution in [0.15, 0.2) is 55.1 Å². The zero-order chi connectivity index (χ0) is 21.3. The highest BCUT2D eigenvalue weighted by molar-refractivity contribution is 5.39. The minimum absolute atomic E-state index is 0.109. The molecule has 0 fully saturated rings. The van der Waals surface area contributed by atoms with Crippen molar-refractivity contribution in [3.05, 3.63) is 77.4 Å². The molecule has 0 aliphatic rings. The van der Waals surface area contributed by atoms with Crippen molar-refractivity contribution in [3.8, 4) is 5.75 Å². The van der Waals surface area contributed by atoms with Gasteiger partial charge in [-0.2, -0.15) is 0 Å². The molecule has 0 saturated heterocycles. The average molecular weight is 397 g/mol. The molecule has 2 aromatic carbocycles. The van der Waals surface area contributed by atoms with Crippen molar-refractivity contribution in [2.45, 2.75) is 65.8 Å². The first-order valence-corrected chi connectivity index (χ1v) is 10.6. The zero-order valence-corrected chi connectivity index (χ0v) is 18.7. The van der Waals surface area contributed by atoms with E-state index in [9.17, 15) is 0 Å². The van der Waals surface area contributed by atoms with Crippen molar-refractivity contribution in [3.63, 3.8) is 0 Å². The van der Waals surface area contributed by atoms with Gasteiger partial charge in [0.1, 0.15) is 12.4 Å². The van der Waals surface area contributed by atoms with E-state index in [-0.39, 0.29) is 11.7 Å². The quantitative estimate of drug-likeness (QED) is 0.293. The predicted octanol–water partition coefficient (Wildman–Crippen LogP) is 6.75. The first kappa shape index (κ1) is 23.2. The van der Waals surface area contributed by atoms with Gasteiger partial charge in [-0.1, -0.05) is 51.1 Å². The van der Waals surface area contributed by atoms with E-state index in [1.807, 2.05) is 32.1 Å². The lowest BCUT2D eigenvalue weighted by Gasteiger charge is -2.25. The van der Waals surface area contributed by atoms with Crippen LogP contribution in [0.3, 0.4) is 0 Å². The van der Waals surface area contributed by atoms with Gasteiger partial charge < -0.3 is 14.2 Å². The fourth-order valence-corrected chi connectivity index (χ4v) is 3.16. The second kappa shape index (κ2) is 11.2. The minimum atomic E-state index is -0.335. The molecule has 158 valence electrons. The molecular formula is C26H36O3. The van der Waals surface area contributed by atoms with Crippen molar-refractivity contribution >= 4 is 0 Å². The van der Waals surface area contributed by atoms with E-state index >= 15 is 0 Å². The maximum absolute atomic E-state index is 6.20. The van der Waals surface area contributed by atoms with Crippen molar-refractivity contribution in [1.29, 1.82) is 0 Å². The fraction of sp³-hybridized carbons (Fsp3) is 0.462. The Bertz CT molecular complexity index is 773. The molecule has 0 atom stereocenters. The summed E-state index contributed by atoms with van der Waals surface area (Å²) in [6, 6.07) is 14.8. The van der Waals surface area contributed by atoms with Crippen LogP contribution in [-0.4, -0.2) is 13.2 Å². The topological polar surface area (TPSA) is 27.7 Å². The smallest absolute Gasteiger partial charge is 0.183 e. The number of ether oxygens (including phenoxy) is 3. The summed E-state index contributed by atoms with van der Waals surface area (Å²) in [6.07, 6.45) is 3.51. The molecule has 2 aromatic rings. The summed E-state index contributed by atoms with van der Waals surface area (Å²) in [6.45, 7) is 16.3. The van der Waals surface area contributed by atoms with Crippen LogP contribution in [-0.2, 0) is 27.9 Å². The van der Waals surface area contributed by atoms with Crippen LogP contribution in [0, 0.1) is 0 Å². The number of rotatable bonds is 12. The van der Waals surface area contributed by atoms with Crippen LogP contribution < -0.4 is 4.74 Å². The molecule has 0 aliphatic carbocycles. The van der Waals surface area contributed by atoms with Crippen LogP contribution >= 0.6 is 0 Å². The van der Waals surface area contributed by atoms with Crippen molar-refractivity contribution in [2.75, 3.05) is 13.2 Å². The molecule has 0 aromatic heterocycles. The van der Waals surface area contributed by atoms with Gasteiger partial charge in [-0.25, -0.2) is 0 Å². The highest BCUT2D eigenvalue weighted by atomic mass is 16.7. The second-order valence-electron chi connectivity index (χ2n) is 7.87. The molecule has 0 amide bonds. The molecule has 3 heteroatoms. The van der Waals surface area contributed by atoms with E-state index in [1.165, 1.54) is 11.1 Å². The van der Waals surface area contributed by atoms with Gasteiger partial charge in [0.05, 0.1) is 0 Å². The lowest BCUT2D eigenvalue weighted by Crippen LogP contribution is -2.16. The number of hydrogen-bond acceptors (Lipinski definition) is 3. The summed E-state index contributed by atoms with van der Waals surface area (Å²) < 4.78 is 17.6. The number of hydrogen-bond donors (Lipinski definition) is 0. The Hall–Kier alpha value is -2.10. The van der Waals surface area contributed by atoms with Crippen molar-refractivity contribution < 1.29 is 14.2 Å². The molecule has 0 aliphatic heterocycles. The van der Waals surface area contributed by atoms with Gasteiger partial charge in [-0.15, -0.1) is 6.58 Å². The predicted molar refractivity (Wildman–Crippen MR) is 120 cm³/mol. The van der Waals surface area contributed by atoms with Gasteiger partial charge in [0.2, 0.25) is 0 Å². The minimum Gasteiger partial charge on any atom is -0.489 e. The lowest BCUT2D eigenvalue weighted by atomic mass is 9.81. The standard InChI is InChI=1S/C26H36O3/c1-7-12-20-16-23(26(5,6)8-2)18-24(17-20)29-19-21-13-11-14-22(15-21)25(27-9-3)28-10-4/h7,11,13-18,25H,1,8-10,12,19H2,2-6H3. The summed E-state index contributed by atoms with van der Waals surface area (Å²) in [4.78, 5) is 0. The largest absolute Gasteiger partial charge is 0.489 e. The van der Waals surface area contributed by atoms with Gasteiger partial charge in [-0.05, 0) is 67.0 Å². The molecule has 0 unspecified atom stereocenters. The molecule has 0 N–H and O–H groups in total. The molecule has 0 saturated carbocycles. The number of benzene rings is 2. The Balaban J connectivity index is 2.20. The van der Waals surface area contributed by atoms with E-state index in [0.717, 1.165) is 29.7 Å². The SMILES string of the molecule is C=CCc1cc(OCc2cccc(C(OCC)OCC)c2)cc(C(C)(C)CC)c1. The second-order valence-corrected chi connectivity index (χ2v) is 7.87. The third kappa shape index (κ3) is 6.73.